The normalized spacial score (nSPS) is 25.4. The highest BCUT2D eigenvalue weighted by Crippen LogP contribution is 2.24. The minimum atomic E-state index is -1.09. The average molecular weight is 280 g/mol. The van der Waals surface area contributed by atoms with Crippen LogP contribution in [0.25, 0.3) is 0 Å². The molecule has 1 fully saturated rings. The van der Waals surface area contributed by atoms with Gasteiger partial charge in [0.2, 0.25) is 0 Å². The molecule has 2 N–H and O–H groups in total. The molecule has 108 valence electrons. The number of benzene rings is 1. The van der Waals surface area contributed by atoms with Crippen molar-refractivity contribution in [2.45, 2.75) is 25.0 Å². The van der Waals surface area contributed by atoms with E-state index in [9.17, 15) is 20.0 Å². The summed E-state index contributed by atoms with van der Waals surface area (Å²) in [6, 6.07) is 5.45. The van der Waals surface area contributed by atoms with Gasteiger partial charge in [-0.2, -0.15) is 0 Å². The highest BCUT2D eigenvalue weighted by atomic mass is 16.6. The molecule has 0 spiro atoms. The number of nitro groups is 1. The number of ether oxygens (including phenoxy) is 1. The zero-order valence-corrected chi connectivity index (χ0v) is 11.0. The van der Waals surface area contributed by atoms with Gasteiger partial charge in [-0.1, -0.05) is 6.07 Å². The summed E-state index contributed by atoms with van der Waals surface area (Å²) >= 11 is 0. The van der Waals surface area contributed by atoms with Gasteiger partial charge in [0.25, 0.3) is 11.6 Å². The highest BCUT2D eigenvalue weighted by Gasteiger charge is 2.39. The van der Waals surface area contributed by atoms with Crippen molar-refractivity contribution in [2.75, 3.05) is 13.2 Å². The van der Waals surface area contributed by atoms with E-state index in [0.717, 1.165) is 0 Å². The minimum absolute atomic E-state index is 0.0513. The van der Waals surface area contributed by atoms with E-state index in [0.29, 0.717) is 13.0 Å². The van der Waals surface area contributed by atoms with Crippen molar-refractivity contribution in [3.63, 3.8) is 0 Å². The number of nitrogens with one attached hydrogen (secondary N) is 1. The summed E-state index contributed by atoms with van der Waals surface area (Å²) in [5, 5.41) is 23.5. The molecular weight excluding hydrogens is 264 g/mol. The van der Waals surface area contributed by atoms with Gasteiger partial charge >= 0.3 is 0 Å². The van der Waals surface area contributed by atoms with Crippen molar-refractivity contribution < 1.29 is 19.6 Å². The Labute approximate surface area is 115 Å². The molecule has 0 radical (unpaired) electrons. The molecular formula is C13H16N2O5. The molecule has 1 aromatic rings. The number of carbonyl (C=O) groups excluding carboxylic acids is 1. The molecule has 1 heterocycles. The fourth-order valence-electron chi connectivity index (χ4n) is 2.10. The Bertz CT molecular complexity index is 533. The lowest BCUT2D eigenvalue weighted by Crippen LogP contribution is -2.47. The number of amides is 1. The first-order valence-corrected chi connectivity index (χ1v) is 6.29. The first kappa shape index (κ1) is 14.4. The average Bonchev–Trinajstić information content (AvgIpc) is 2.76. The van der Waals surface area contributed by atoms with Crippen LogP contribution in [0.3, 0.4) is 0 Å². The van der Waals surface area contributed by atoms with E-state index in [2.05, 4.69) is 5.32 Å². The molecule has 1 amide bonds. The zero-order chi connectivity index (χ0) is 14.8. The van der Waals surface area contributed by atoms with E-state index >= 15 is 0 Å². The third-order valence-electron chi connectivity index (χ3n) is 3.53. The predicted molar refractivity (Wildman–Crippen MR) is 70.4 cm³/mol. The predicted octanol–water partition coefficient (Wildman–Crippen LogP) is 0.864. The Morgan fingerprint density at radius 2 is 2.40 bits per heavy atom. The second-order valence-corrected chi connectivity index (χ2v) is 4.86. The lowest BCUT2D eigenvalue weighted by molar-refractivity contribution is -0.384. The second kappa shape index (κ2) is 5.56. The van der Waals surface area contributed by atoms with Crippen LogP contribution >= 0.6 is 0 Å². The van der Waals surface area contributed by atoms with E-state index in [1.807, 2.05) is 0 Å². The molecule has 0 aromatic heterocycles. The Balaban J connectivity index is 2.02. The van der Waals surface area contributed by atoms with Gasteiger partial charge in [0, 0.05) is 37.3 Å². The first-order valence-electron chi connectivity index (χ1n) is 6.29. The van der Waals surface area contributed by atoms with Crippen molar-refractivity contribution in [1.82, 2.24) is 5.32 Å². The third-order valence-corrected chi connectivity index (χ3v) is 3.53. The van der Waals surface area contributed by atoms with Crippen molar-refractivity contribution in [2.24, 2.45) is 0 Å². The molecule has 2 rings (SSSR count). The molecule has 1 saturated heterocycles. The molecule has 0 bridgehead atoms. The fraction of sp³-hybridized carbons (Fsp3) is 0.462. The Kier molecular flexibility index (Phi) is 4.01. The number of carbonyl (C=O) groups is 1. The van der Waals surface area contributed by atoms with Gasteiger partial charge < -0.3 is 15.2 Å². The lowest BCUT2D eigenvalue weighted by atomic mass is 9.96. The number of rotatable bonds is 4. The van der Waals surface area contributed by atoms with Gasteiger partial charge in [-0.3, -0.25) is 14.9 Å². The van der Waals surface area contributed by atoms with Crippen molar-refractivity contribution in [3.05, 3.63) is 39.9 Å². The van der Waals surface area contributed by atoms with Crippen LogP contribution in [0.4, 0.5) is 5.69 Å². The number of nitro benzene ring substituents is 1. The first-order chi connectivity index (χ1) is 9.42. The summed E-state index contributed by atoms with van der Waals surface area (Å²) in [7, 11) is 0. The lowest BCUT2D eigenvalue weighted by Gasteiger charge is -2.26. The minimum Gasteiger partial charge on any atom is -0.385 e. The molecule has 20 heavy (non-hydrogen) atoms. The third kappa shape index (κ3) is 2.94. The quantitative estimate of drug-likeness (QED) is 0.629. The number of hydrogen-bond donors (Lipinski definition) is 2. The Morgan fingerprint density at radius 3 is 3.00 bits per heavy atom. The summed E-state index contributed by atoms with van der Waals surface area (Å²) in [5.74, 6) is -0.457. The summed E-state index contributed by atoms with van der Waals surface area (Å²) in [4.78, 5) is 22.0. The number of non-ortho nitro benzene ring substituents is 1. The van der Waals surface area contributed by atoms with Crippen LogP contribution in [0, 0.1) is 10.1 Å². The van der Waals surface area contributed by atoms with E-state index < -0.39 is 16.4 Å². The van der Waals surface area contributed by atoms with Gasteiger partial charge in [0.1, 0.15) is 5.60 Å². The summed E-state index contributed by atoms with van der Waals surface area (Å²) in [5.41, 5.74) is -1.04. The Hall–Kier alpha value is -1.99. The van der Waals surface area contributed by atoms with Crippen molar-refractivity contribution in [3.8, 4) is 0 Å². The van der Waals surface area contributed by atoms with E-state index in [1.54, 1.807) is 6.92 Å². The van der Waals surface area contributed by atoms with E-state index in [-0.39, 0.29) is 23.9 Å². The molecule has 7 nitrogen and oxygen atoms in total. The molecule has 1 aromatic carbocycles. The topological polar surface area (TPSA) is 102 Å². The van der Waals surface area contributed by atoms with Crippen LogP contribution < -0.4 is 5.32 Å². The van der Waals surface area contributed by atoms with Gasteiger partial charge in [-0.05, 0) is 13.0 Å². The van der Waals surface area contributed by atoms with Crippen LogP contribution in [0.1, 0.15) is 23.7 Å². The van der Waals surface area contributed by atoms with Crippen LogP contribution in [0.5, 0.6) is 0 Å². The number of hydrogen-bond acceptors (Lipinski definition) is 5. The van der Waals surface area contributed by atoms with Crippen LogP contribution in [0.15, 0.2) is 24.3 Å². The molecule has 0 saturated carbocycles. The molecule has 1 aliphatic heterocycles. The maximum Gasteiger partial charge on any atom is 0.270 e. The van der Waals surface area contributed by atoms with Crippen molar-refractivity contribution in [1.29, 1.82) is 0 Å². The van der Waals surface area contributed by atoms with Gasteiger partial charge in [0.05, 0.1) is 11.0 Å². The van der Waals surface area contributed by atoms with Gasteiger partial charge in [0.15, 0.2) is 0 Å². The molecule has 1 aliphatic rings. The Morgan fingerprint density at radius 1 is 1.65 bits per heavy atom. The van der Waals surface area contributed by atoms with E-state index in [1.165, 1.54) is 24.3 Å². The summed E-state index contributed by atoms with van der Waals surface area (Å²) in [6.07, 6.45) is 0.0940. The zero-order valence-electron chi connectivity index (χ0n) is 11.0. The van der Waals surface area contributed by atoms with Gasteiger partial charge in [-0.15, -0.1) is 0 Å². The van der Waals surface area contributed by atoms with Crippen LogP contribution in [-0.2, 0) is 4.74 Å². The molecule has 0 aliphatic carbocycles. The van der Waals surface area contributed by atoms with E-state index in [4.69, 9.17) is 4.74 Å². The summed E-state index contributed by atoms with van der Waals surface area (Å²) < 4.78 is 5.27. The van der Waals surface area contributed by atoms with Crippen molar-refractivity contribution >= 4 is 11.6 Å². The standard InChI is InChI=1S/C13H16N2O5/c1-9-13(17,5-6-20-9)8-14-12(16)10-3-2-4-11(7-10)15(18)19/h2-4,7,9,17H,5-6,8H2,1H3,(H,14,16). The highest BCUT2D eigenvalue weighted by molar-refractivity contribution is 5.94. The van der Waals surface area contributed by atoms with Crippen LogP contribution in [0.2, 0.25) is 0 Å². The molecule has 7 heteroatoms. The van der Waals surface area contributed by atoms with Crippen LogP contribution in [-0.4, -0.2) is 40.8 Å². The SMILES string of the molecule is CC1OCCC1(O)CNC(=O)c1cccc([N+](=O)[O-])c1. The van der Waals surface area contributed by atoms with Gasteiger partial charge in [-0.25, -0.2) is 0 Å². The smallest absolute Gasteiger partial charge is 0.270 e. The maximum atomic E-state index is 11.9. The number of nitrogens with zero attached hydrogens (tertiary/aromatic N) is 1. The maximum absolute atomic E-state index is 11.9. The monoisotopic (exact) mass is 280 g/mol. The summed E-state index contributed by atoms with van der Waals surface area (Å²) in [6.45, 7) is 2.24. The molecule has 2 atom stereocenters. The fourth-order valence-corrected chi connectivity index (χ4v) is 2.10. The molecule has 2 unspecified atom stereocenters. The second-order valence-electron chi connectivity index (χ2n) is 4.86. The largest absolute Gasteiger partial charge is 0.385 e. The number of aliphatic hydroxyl groups is 1.